The predicted octanol–water partition coefficient (Wildman–Crippen LogP) is 5.85. The Morgan fingerprint density at radius 1 is 0.821 bits per heavy atom. The maximum Gasteiger partial charge on any atom is 0.161 e. The molecule has 0 spiro atoms. The Balaban J connectivity index is 1.78. The topological polar surface area (TPSA) is 56.7 Å². The van der Waals surface area contributed by atoms with E-state index in [0.717, 1.165) is 46.3 Å². The SMILES string of the molecule is Nc1nn(C2CCCCC2)c2nc(-c3ccccc3)cc(-c3ccccc3)c12. The third-order valence-corrected chi connectivity index (χ3v) is 5.76. The normalized spacial score (nSPS) is 15.1. The second kappa shape index (κ2) is 7.12. The molecule has 0 aliphatic heterocycles. The van der Waals surface area contributed by atoms with Crippen LogP contribution in [-0.4, -0.2) is 14.8 Å². The molecule has 1 aliphatic carbocycles. The maximum atomic E-state index is 6.44. The van der Waals surface area contributed by atoms with Crippen LogP contribution in [-0.2, 0) is 0 Å². The summed E-state index contributed by atoms with van der Waals surface area (Å²) in [5.74, 6) is 0.575. The summed E-state index contributed by atoms with van der Waals surface area (Å²) in [6.07, 6.45) is 6.09. The van der Waals surface area contributed by atoms with Crippen molar-refractivity contribution in [1.29, 1.82) is 0 Å². The highest BCUT2D eigenvalue weighted by Gasteiger charge is 2.23. The van der Waals surface area contributed by atoms with Gasteiger partial charge in [-0.05, 0) is 30.0 Å². The lowest BCUT2D eigenvalue weighted by Crippen LogP contribution is -2.14. The van der Waals surface area contributed by atoms with E-state index in [1.54, 1.807) is 0 Å². The molecule has 0 saturated heterocycles. The number of nitrogen functional groups attached to an aromatic ring is 1. The fraction of sp³-hybridized carbons (Fsp3) is 0.250. The third-order valence-electron chi connectivity index (χ3n) is 5.76. The summed E-state index contributed by atoms with van der Waals surface area (Å²) in [5, 5.41) is 5.74. The van der Waals surface area contributed by atoms with E-state index in [9.17, 15) is 0 Å². The van der Waals surface area contributed by atoms with Crippen molar-refractivity contribution in [2.24, 2.45) is 0 Å². The number of fused-ring (bicyclic) bond motifs is 1. The van der Waals surface area contributed by atoms with E-state index in [4.69, 9.17) is 15.8 Å². The van der Waals surface area contributed by atoms with Crippen molar-refractivity contribution in [3.05, 3.63) is 66.7 Å². The lowest BCUT2D eigenvalue weighted by Gasteiger charge is -2.22. The Bertz CT molecular complexity index is 1090. The van der Waals surface area contributed by atoms with E-state index in [1.807, 2.05) is 12.1 Å². The first-order valence-electron chi connectivity index (χ1n) is 10.1. The number of pyridine rings is 1. The average Bonchev–Trinajstić information content (AvgIpc) is 3.11. The monoisotopic (exact) mass is 368 g/mol. The van der Waals surface area contributed by atoms with Crippen molar-refractivity contribution in [2.75, 3.05) is 5.73 Å². The summed E-state index contributed by atoms with van der Waals surface area (Å²) in [6, 6.07) is 23.3. The highest BCUT2D eigenvalue weighted by molar-refractivity contribution is 6.01. The van der Waals surface area contributed by atoms with E-state index >= 15 is 0 Å². The molecule has 2 N–H and O–H groups in total. The largest absolute Gasteiger partial charge is 0.382 e. The third kappa shape index (κ3) is 2.95. The zero-order valence-corrected chi connectivity index (χ0v) is 15.9. The van der Waals surface area contributed by atoms with Gasteiger partial charge in [0, 0.05) is 5.56 Å². The molecule has 2 aromatic carbocycles. The van der Waals surface area contributed by atoms with E-state index in [2.05, 4.69) is 59.3 Å². The van der Waals surface area contributed by atoms with Gasteiger partial charge in [0.1, 0.15) is 0 Å². The lowest BCUT2D eigenvalue weighted by molar-refractivity contribution is 0.336. The van der Waals surface area contributed by atoms with E-state index < -0.39 is 0 Å². The minimum atomic E-state index is 0.385. The number of anilines is 1. The van der Waals surface area contributed by atoms with Gasteiger partial charge in [0.25, 0.3) is 0 Å². The van der Waals surface area contributed by atoms with Gasteiger partial charge in [-0.2, -0.15) is 5.10 Å². The van der Waals surface area contributed by atoms with Crippen molar-refractivity contribution in [3.8, 4) is 22.4 Å². The van der Waals surface area contributed by atoms with Crippen LogP contribution in [0.4, 0.5) is 5.82 Å². The van der Waals surface area contributed by atoms with E-state index in [1.165, 1.54) is 19.3 Å². The minimum Gasteiger partial charge on any atom is -0.382 e. The fourth-order valence-corrected chi connectivity index (χ4v) is 4.35. The molecule has 2 aromatic heterocycles. The van der Waals surface area contributed by atoms with Gasteiger partial charge in [0.15, 0.2) is 11.5 Å². The van der Waals surface area contributed by atoms with Crippen LogP contribution in [0.15, 0.2) is 66.7 Å². The Kier molecular flexibility index (Phi) is 4.32. The number of nitrogens with two attached hydrogens (primary N) is 1. The molecule has 0 atom stereocenters. The Morgan fingerprint density at radius 2 is 1.46 bits per heavy atom. The number of hydrogen-bond acceptors (Lipinski definition) is 3. The molecule has 0 bridgehead atoms. The van der Waals surface area contributed by atoms with Crippen molar-refractivity contribution in [2.45, 2.75) is 38.1 Å². The van der Waals surface area contributed by atoms with Gasteiger partial charge < -0.3 is 5.73 Å². The first-order chi connectivity index (χ1) is 13.8. The van der Waals surface area contributed by atoms with Crippen LogP contribution in [0.5, 0.6) is 0 Å². The minimum absolute atomic E-state index is 0.385. The van der Waals surface area contributed by atoms with Crippen molar-refractivity contribution in [3.63, 3.8) is 0 Å². The zero-order valence-electron chi connectivity index (χ0n) is 15.9. The molecule has 4 nitrogen and oxygen atoms in total. The first kappa shape index (κ1) is 17.0. The number of benzene rings is 2. The number of nitrogens with zero attached hydrogens (tertiary/aromatic N) is 3. The fourth-order valence-electron chi connectivity index (χ4n) is 4.35. The summed E-state index contributed by atoms with van der Waals surface area (Å²) in [7, 11) is 0. The molecule has 0 unspecified atom stereocenters. The molecular weight excluding hydrogens is 344 g/mol. The number of hydrogen-bond donors (Lipinski definition) is 1. The van der Waals surface area contributed by atoms with E-state index in [0.29, 0.717) is 11.9 Å². The van der Waals surface area contributed by atoms with Crippen LogP contribution in [0.3, 0.4) is 0 Å². The number of aromatic nitrogens is 3. The molecule has 28 heavy (non-hydrogen) atoms. The van der Waals surface area contributed by atoms with Crippen molar-refractivity contribution >= 4 is 16.9 Å². The Hall–Kier alpha value is -3.14. The van der Waals surface area contributed by atoms with E-state index in [-0.39, 0.29) is 0 Å². The molecule has 1 saturated carbocycles. The van der Waals surface area contributed by atoms with Crippen LogP contribution in [0, 0.1) is 0 Å². The second-order valence-corrected chi connectivity index (χ2v) is 7.61. The van der Waals surface area contributed by atoms with Crippen LogP contribution < -0.4 is 5.73 Å². The van der Waals surface area contributed by atoms with Gasteiger partial charge in [-0.1, -0.05) is 79.9 Å². The highest BCUT2D eigenvalue weighted by atomic mass is 15.3. The van der Waals surface area contributed by atoms with Crippen LogP contribution in [0.2, 0.25) is 0 Å². The van der Waals surface area contributed by atoms with Gasteiger partial charge in [-0.25, -0.2) is 9.67 Å². The summed E-state index contributed by atoms with van der Waals surface area (Å²) >= 11 is 0. The molecule has 1 fully saturated rings. The van der Waals surface area contributed by atoms with Gasteiger partial charge in [0.2, 0.25) is 0 Å². The lowest BCUT2D eigenvalue weighted by atomic mass is 9.95. The molecule has 0 amide bonds. The smallest absolute Gasteiger partial charge is 0.161 e. The Labute approximate surface area is 165 Å². The molecule has 4 heteroatoms. The first-order valence-corrected chi connectivity index (χ1v) is 10.1. The second-order valence-electron chi connectivity index (χ2n) is 7.61. The average molecular weight is 368 g/mol. The molecule has 4 aromatic rings. The zero-order chi connectivity index (χ0) is 18.9. The highest BCUT2D eigenvalue weighted by Crippen LogP contribution is 2.38. The molecule has 0 radical (unpaired) electrons. The molecule has 5 rings (SSSR count). The summed E-state index contributed by atoms with van der Waals surface area (Å²) < 4.78 is 2.10. The van der Waals surface area contributed by atoms with Gasteiger partial charge in [-0.15, -0.1) is 0 Å². The van der Waals surface area contributed by atoms with Gasteiger partial charge >= 0.3 is 0 Å². The van der Waals surface area contributed by atoms with Crippen molar-refractivity contribution < 1.29 is 0 Å². The van der Waals surface area contributed by atoms with Gasteiger partial charge in [-0.3, -0.25) is 0 Å². The maximum absolute atomic E-state index is 6.44. The van der Waals surface area contributed by atoms with Crippen LogP contribution in [0.25, 0.3) is 33.4 Å². The molecular formula is C24H24N4. The predicted molar refractivity (Wildman–Crippen MR) is 115 cm³/mol. The molecule has 140 valence electrons. The standard InChI is InChI=1S/C24H24N4/c25-23-22-20(17-10-4-1-5-11-17)16-21(18-12-6-2-7-13-18)26-24(22)28(27-23)19-14-8-3-9-15-19/h1-2,4-7,10-13,16,19H,3,8-9,14-15H2,(H2,25,27). The quantitative estimate of drug-likeness (QED) is 0.493. The van der Waals surface area contributed by atoms with Gasteiger partial charge in [0.05, 0.1) is 17.1 Å². The molecule has 1 aliphatic rings. The van der Waals surface area contributed by atoms with Crippen molar-refractivity contribution in [1.82, 2.24) is 14.8 Å². The molecule has 2 heterocycles. The number of rotatable bonds is 3. The van der Waals surface area contributed by atoms with Crippen LogP contribution in [0.1, 0.15) is 38.1 Å². The summed E-state index contributed by atoms with van der Waals surface area (Å²) in [4.78, 5) is 5.05. The van der Waals surface area contributed by atoms with Crippen LogP contribution >= 0.6 is 0 Å². The summed E-state index contributed by atoms with van der Waals surface area (Å²) in [5.41, 5.74) is 11.7. The Morgan fingerprint density at radius 3 is 2.14 bits per heavy atom. The summed E-state index contributed by atoms with van der Waals surface area (Å²) in [6.45, 7) is 0.